The fourth-order valence-corrected chi connectivity index (χ4v) is 2.41. The number of hydrogen-bond acceptors (Lipinski definition) is 2. The van der Waals surface area contributed by atoms with Gasteiger partial charge in [0.2, 0.25) is 0 Å². The number of allylic oxidation sites excluding steroid dienone is 1. The standard InChI is InChI=1S/C12H21NO/c1-2-11-3-4-12(9-11)10-13-5-7-14-8-6-13/h3-4,11-12H,2,5-10H2,1H3. The van der Waals surface area contributed by atoms with Crippen molar-refractivity contribution < 1.29 is 4.74 Å². The minimum Gasteiger partial charge on any atom is -0.379 e. The predicted octanol–water partition coefficient (Wildman–Crippen LogP) is 1.92. The van der Waals surface area contributed by atoms with Gasteiger partial charge in [-0.15, -0.1) is 0 Å². The molecule has 14 heavy (non-hydrogen) atoms. The summed E-state index contributed by atoms with van der Waals surface area (Å²) in [6.45, 7) is 7.63. The minimum atomic E-state index is 0.804. The fourth-order valence-electron chi connectivity index (χ4n) is 2.41. The Morgan fingerprint density at radius 3 is 2.57 bits per heavy atom. The third-order valence-electron chi connectivity index (χ3n) is 3.38. The highest BCUT2D eigenvalue weighted by Gasteiger charge is 2.20. The first-order valence-electron chi connectivity index (χ1n) is 5.87. The minimum absolute atomic E-state index is 0.804. The predicted molar refractivity (Wildman–Crippen MR) is 58.3 cm³/mol. The molecule has 0 bridgehead atoms. The smallest absolute Gasteiger partial charge is 0.0594 e. The molecule has 0 aromatic rings. The van der Waals surface area contributed by atoms with Crippen molar-refractivity contribution in [2.24, 2.45) is 11.8 Å². The molecule has 1 fully saturated rings. The summed E-state index contributed by atoms with van der Waals surface area (Å²) < 4.78 is 5.35. The van der Waals surface area contributed by atoms with E-state index in [4.69, 9.17) is 4.74 Å². The van der Waals surface area contributed by atoms with E-state index in [1.54, 1.807) is 0 Å². The Balaban J connectivity index is 1.73. The zero-order valence-electron chi connectivity index (χ0n) is 9.11. The Morgan fingerprint density at radius 1 is 1.21 bits per heavy atom. The summed E-state index contributed by atoms with van der Waals surface area (Å²) in [5.41, 5.74) is 0. The molecule has 0 saturated carbocycles. The molecular weight excluding hydrogens is 174 g/mol. The molecule has 2 unspecified atom stereocenters. The lowest BCUT2D eigenvalue weighted by Gasteiger charge is -2.28. The fraction of sp³-hybridized carbons (Fsp3) is 0.833. The summed E-state index contributed by atoms with van der Waals surface area (Å²) >= 11 is 0. The Labute approximate surface area is 86.9 Å². The number of ether oxygens (including phenoxy) is 1. The lowest BCUT2D eigenvalue weighted by molar-refractivity contribution is 0.0330. The Morgan fingerprint density at radius 2 is 1.93 bits per heavy atom. The van der Waals surface area contributed by atoms with Gasteiger partial charge in [-0.1, -0.05) is 19.1 Å². The molecule has 2 heteroatoms. The molecule has 1 saturated heterocycles. The first-order chi connectivity index (χ1) is 6.88. The van der Waals surface area contributed by atoms with Crippen molar-refractivity contribution in [1.82, 2.24) is 4.90 Å². The van der Waals surface area contributed by atoms with E-state index in [2.05, 4.69) is 24.0 Å². The van der Waals surface area contributed by atoms with Crippen LogP contribution in [0.1, 0.15) is 19.8 Å². The Hall–Kier alpha value is -0.340. The largest absolute Gasteiger partial charge is 0.379 e. The maximum Gasteiger partial charge on any atom is 0.0594 e. The van der Waals surface area contributed by atoms with Crippen LogP contribution in [0.25, 0.3) is 0 Å². The zero-order chi connectivity index (χ0) is 9.80. The van der Waals surface area contributed by atoms with Crippen molar-refractivity contribution in [3.05, 3.63) is 12.2 Å². The second kappa shape index (κ2) is 4.94. The highest BCUT2D eigenvalue weighted by Crippen LogP contribution is 2.26. The van der Waals surface area contributed by atoms with Crippen LogP contribution in [-0.4, -0.2) is 37.7 Å². The van der Waals surface area contributed by atoms with Gasteiger partial charge in [0.15, 0.2) is 0 Å². The van der Waals surface area contributed by atoms with Crippen LogP contribution < -0.4 is 0 Å². The molecule has 0 spiro atoms. The van der Waals surface area contributed by atoms with E-state index in [0.29, 0.717) is 0 Å². The van der Waals surface area contributed by atoms with Gasteiger partial charge in [-0.2, -0.15) is 0 Å². The number of morpholine rings is 1. The molecule has 0 N–H and O–H groups in total. The van der Waals surface area contributed by atoms with Gasteiger partial charge >= 0.3 is 0 Å². The van der Waals surface area contributed by atoms with E-state index in [1.807, 2.05) is 0 Å². The maximum atomic E-state index is 5.35. The van der Waals surface area contributed by atoms with Gasteiger partial charge in [-0.3, -0.25) is 4.90 Å². The summed E-state index contributed by atoms with van der Waals surface area (Å²) in [6, 6.07) is 0. The van der Waals surface area contributed by atoms with E-state index in [9.17, 15) is 0 Å². The molecule has 80 valence electrons. The first kappa shape index (κ1) is 10.2. The lowest BCUT2D eigenvalue weighted by Crippen LogP contribution is -2.38. The quantitative estimate of drug-likeness (QED) is 0.638. The van der Waals surface area contributed by atoms with Gasteiger partial charge in [0.1, 0.15) is 0 Å². The van der Waals surface area contributed by atoms with Gasteiger partial charge in [0.05, 0.1) is 13.2 Å². The van der Waals surface area contributed by atoms with Crippen LogP contribution in [0.5, 0.6) is 0 Å². The monoisotopic (exact) mass is 195 g/mol. The normalized spacial score (nSPS) is 33.8. The van der Waals surface area contributed by atoms with Gasteiger partial charge < -0.3 is 4.74 Å². The second-order valence-electron chi connectivity index (χ2n) is 4.46. The Bertz CT molecular complexity index is 196. The third kappa shape index (κ3) is 2.58. The van der Waals surface area contributed by atoms with Crippen molar-refractivity contribution >= 4 is 0 Å². The number of hydrogen-bond donors (Lipinski definition) is 0. The summed E-state index contributed by atoms with van der Waals surface area (Å²) in [5.74, 6) is 1.65. The van der Waals surface area contributed by atoms with Crippen molar-refractivity contribution in [3.8, 4) is 0 Å². The molecule has 0 aromatic heterocycles. The maximum absolute atomic E-state index is 5.35. The molecule has 2 nitrogen and oxygen atoms in total. The average molecular weight is 195 g/mol. The molecular formula is C12H21NO. The van der Waals surface area contributed by atoms with Gasteiger partial charge in [-0.05, 0) is 24.7 Å². The summed E-state index contributed by atoms with van der Waals surface area (Å²) in [7, 11) is 0. The van der Waals surface area contributed by atoms with Crippen LogP contribution in [0.3, 0.4) is 0 Å². The van der Waals surface area contributed by atoms with E-state index < -0.39 is 0 Å². The van der Waals surface area contributed by atoms with Crippen molar-refractivity contribution in [2.45, 2.75) is 19.8 Å². The molecule has 0 aromatic carbocycles. The van der Waals surface area contributed by atoms with E-state index in [0.717, 1.165) is 38.1 Å². The van der Waals surface area contributed by atoms with E-state index in [1.165, 1.54) is 19.4 Å². The Kier molecular flexibility index (Phi) is 3.60. The lowest BCUT2D eigenvalue weighted by atomic mass is 10.0. The van der Waals surface area contributed by atoms with Gasteiger partial charge in [0, 0.05) is 19.6 Å². The van der Waals surface area contributed by atoms with E-state index >= 15 is 0 Å². The molecule has 0 amide bonds. The second-order valence-corrected chi connectivity index (χ2v) is 4.46. The van der Waals surface area contributed by atoms with Crippen molar-refractivity contribution in [3.63, 3.8) is 0 Å². The SMILES string of the molecule is CCC1C=CC(CN2CCOCC2)C1. The zero-order valence-corrected chi connectivity index (χ0v) is 9.11. The molecule has 2 atom stereocenters. The van der Waals surface area contributed by atoms with Crippen molar-refractivity contribution in [2.75, 3.05) is 32.8 Å². The highest BCUT2D eigenvalue weighted by atomic mass is 16.5. The third-order valence-corrected chi connectivity index (χ3v) is 3.38. The summed E-state index contributed by atoms with van der Waals surface area (Å²) in [6.07, 6.45) is 7.50. The summed E-state index contributed by atoms with van der Waals surface area (Å²) in [4.78, 5) is 2.54. The number of nitrogens with zero attached hydrogens (tertiary/aromatic N) is 1. The van der Waals surface area contributed by atoms with Crippen LogP contribution in [0.4, 0.5) is 0 Å². The molecule has 1 heterocycles. The van der Waals surface area contributed by atoms with E-state index in [-0.39, 0.29) is 0 Å². The topological polar surface area (TPSA) is 12.5 Å². The molecule has 0 radical (unpaired) electrons. The average Bonchev–Trinajstić information content (AvgIpc) is 2.67. The van der Waals surface area contributed by atoms with Crippen LogP contribution in [-0.2, 0) is 4.74 Å². The molecule has 2 rings (SSSR count). The first-order valence-corrected chi connectivity index (χ1v) is 5.87. The van der Waals surface area contributed by atoms with Crippen molar-refractivity contribution in [1.29, 1.82) is 0 Å². The molecule has 1 aliphatic heterocycles. The van der Waals surface area contributed by atoms with Crippen LogP contribution >= 0.6 is 0 Å². The van der Waals surface area contributed by atoms with Gasteiger partial charge in [-0.25, -0.2) is 0 Å². The highest BCUT2D eigenvalue weighted by molar-refractivity contribution is 5.02. The van der Waals surface area contributed by atoms with Gasteiger partial charge in [0.25, 0.3) is 0 Å². The molecule has 1 aliphatic carbocycles. The summed E-state index contributed by atoms with van der Waals surface area (Å²) in [5, 5.41) is 0. The van der Waals surface area contributed by atoms with Crippen LogP contribution in [0.15, 0.2) is 12.2 Å². The molecule has 2 aliphatic rings. The van der Waals surface area contributed by atoms with Crippen LogP contribution in [0.2, 0.25) is 0 Å². The number of rotatable bonds is 3. The van der Waals surface area contributed by atoms with Crippen LogP contribution in [0, 0.1) is 11.8 Å².